The number of sulfonamides is 1. The lowest BCUT2D eigenvalue weighted by Crippen LogP contribution is -2.38. The second-order valence-corrected chi connectivity index (χ2v) is 7.98. The van der Waals surface area contributed by atoms with Crippen LogP contribution >= 0.6 is 0 Å². The number of ether oxygens (including phenoxy) is 2. The molecule has 150 valence electrons. The number of esters is 1. The Labute approximate surface area is 168 Å². The zero-order valence-electron chi connectivity index (χ0n) is 15.9. The Balaban J connectivity index is 2.22. The van der Waals surface area contributed by atoms with E-state index in [1.54, 1.807) is 30.3 Å². The molecule has 7 nitrogen and oxygen atoms in total. The van der Waals surface area contributed by atoms with Gasteiger partial charge in [0.15, 0.2) is 11.5 Å². The number of hydrogen-bond donors (Lipinski definition) is 0. The molecule has 0 N–H and O–H groups in total. The first-order chi connectivity index (χ1) is 13.8. The van der Waals surface area contributed by atoms with Crippen LogP contribution in [-0.4, -0.2) is 38.1 Å². The van der Waals surface area contributed by atoms with Crippen molar-refractivity contribution in [3.05, 3.63) is 78.0 Å². The monoisotopic (exact) mass is 413 g/mol. The van der Waals surface area contributed by atoms with E-state index in [4.69, 9.17) is 9.47 Å². The molecule has 0 saturated carbocycles. The van der Waals surface area contributed by atoms with E-state index in [1.807, 2.05) is 0 Å². The number of allylic oxidation sites excluding steroid dienone is 1. The number of fused-ring (bicyclic) bond motifs is 1. The molecule has 2 aromatic carbocycles. The molecule has 29 heavy (non-hydrogen) atoms. The lowest BCUT2D eigenvalue weighted by Gasteiger charge is -2.31. The van der Waals surface area contributed by atoms with Crippen molar-refractivity contribution in [3.8, 4) is 5.75 Å². The topological polar surface area (TPSA) is 90.0 Å². The molecule has 0 aromatic heterocycles. The molecular weight excluding hydrogens is 394 g/mol. The molecule has 0 atom stereocenters. The molecule has 0 saturated heterocycles. The van der Waals surface area contributed by atoms with E-state index in [9.17, 15) is 18.0 Å². The van der Waals surface area contributed by atoms with E-state index in [1.165, 1.54) is 38.3 Å². The summed E-state index contributed by atoms with van der Waals surface area (Å²) in [6, 6.07) is 12.5. The van der Waals surface area contributed by atoms with Crippen molar-refractivity contribution in [3.63, 3.8) is 0 Å². The van der Waals surface area contributed by atoms with Crippen LogP contribution in [0.1, 0.15) is 22.8 Å². The zero-order valence-corrected chi connectivity index (χ0v) is 16.7. The third kappa shape index (κ3) is 3.54. The van der Waals surface area contributed by atoms with E-state index in [-0.39, 0.29) is 34.0 Å². The Morgan fingerprint density at radius 2 is 1.76 bits per heavy atom. The van der Waals surface area contributed by atoms with Crippen LogP contribution in [0.15, 0.2) is 71.8 Å². The van der Waals surface area contributed by atoms with Crippen LogP contribution in [0.3, 0.4) is 0 Å². The summed E-state index contributed by atoms with van der Waals surface area (Å²) in [5.74, 6) is -1.17. The number of methoxy groups -OCH3 is 1. The summed E-state index contributed by atoms with van der Waals surface area (Å²) in [6.45, 7) is 4.62. The summed E-state index contributed by atoms with van der Waals surface area (Å²) in [7, 11) is -2.60. The molecular formula is C21H19NO6S. The summed E-state index contributed by atoms with van der Waals surface area (Å²) in [5, 5.41) is 0. The molecule has 0 spiro atoms. The number of carbonyl (C=O) groups excluding carboxylic acids is 2. The highest BCUT2D eigenvalue weighted by atomic mass is 32.2. The van der Waals surface area contributed by atoms with Gasteiger partial charge in [-0.25, -0.2) is 13.2 Å². The van der Waals surface area contributed by atoms with E-state index in [0.717, 1.165) is 4.31 Å². The van der Waals surface area contributed by atoms with Gasteiger partial charge in [-0.15, -0.1) is 6.58 Å². The SMILES string of the molecule is C=CCN1C(C(C)=O)=C(OC(=O)c2ccccc2OC)c2ccccc2S1(=O)=O. The minimum absolute atomic E-state index is 0.0605. The van der Waals surface area contributed by atoms with Crippen LogP contribution in [0, 0.1) is 0 Å². The standard InChI is InChI=1S/C21H19NO6S/c1-4-13-22-19(14(2)23)20(16-10-6-8-12-18(16)29(22,25)26)28-21(24)15-9-5-7-11-17(15)27-3/h4-12H,1,13H2,2-3H3. The van der Waals surface area contributed by atoms with Crippen LogP contribution in [0.4, 0.5) is 0 Å². The maximum atomic E-state index is 13.0. The van der Waals surface area contributed by atoms with Crippen molar-refractivity contribution in [2.24, 2.45) is 0 Å². The van der Waals surface area contributed by atoms with Gasteiger partial charge in [0.1, 0.15) is 17.0 Å². The van der Waals surface area contributed by atoms with Gasteiger partial charge in [0.05, 0.1) is 18.6 Å². The minimum Gasteiger partial charge on any atom is -0.496 e. The largest absolute Gasteiger partial charge is 0.496 e. The molecule has 0 unspecified atom stereocenters. The van der Waals surface area contributed by atoms with Gasteiger partial charge in [0.2, 0.25) is 0 Å². The third-order valence-electron chi connectivity index (χ3n) is 4.31. The second-order valence-electron chi connectivity index (χ2n) is 6.14. The predicted molar refractivity (Wildman–Crippen MR) is 107 cm³/mol. The van der Waals surface area contributed by atoms with Gasteiger partial charge in [-0.1, -0.05) is 30.3 Å². The normalized spacial score (nSPS) is 14.8. The molecule has 2 aromatic rings. The van der Waals surface area contributed by atoms with E-state index < -0.39 is 21.8 Å². The number of carbonyl (C=O) groups is 2. The maximum Gasteiger partial charge on any atom is 0.347 e. The van der Waals surface area contributed by atoms with Crippen molar-refractivity contribution >= 4 is 27.5 Å². The summed E-state index contributed by atoms with van der Waals surface area (Å²) in [4.78, 5) is 25.2. The predicted octanol–water partition coefficient (Wildman–Crippen LogP) is 3.00. The van der Waals surface area contributed by atoms with E-state index in [2.05, 4.69) is 6.58 Å². The molecule has 1 aliphatic heterocycles. The van der Waals surface area contributed by atoms with Crippen molar-refractivity contribution in [2.75, 3.05) is 13.7 Å². The summed E-state index contributed by atoms with van der Waals surface area (Å²) < 4.78 is 37.8. The van der Waals surface area contributed by atoms with Crippen molar-refractivity contribution in [1.82, 2.24) is 4.31 Å². The number of nitrogens with zero attached hydrogens (tertiary/aromatic N) is 1. The molecule has 0 radical (unpaired) electrons. The third-order valence-corrected chi connectivity index (χ3v) is 6.14. The Kier molecular flexibility index (Phi) is 5.56. The summed E-state index contributed by atoms with van der Waals surface area (Å²) in [6.07, 6.45) is 1.36. The van der Waals surface area contributed by atoms with Gasteiger partial charge < -0.3 is 9.47 Å². The molecule has 3 rings (SSSR count). The fraction of sp³-hybridized carbons (Fsp3) is 0.143. The van der Waals surface area contributed by atoms with Crippen LogP contribution in [-0.2, 0) is 19.6 Å². The number of Topliss-reactive ketones (excluding diaryl/α,β-unsaturated/α-hetero) is 1. The fourth-order valence-electron chi connectivity index (χ4n) is 3.07. The first kappa shape index (κ1) is 20.3. The van der Waals surface area contributed by atoms with Gasteiger partial charge >= 0.3 is 5.97 Å². The Hall–Kier alpha value is -3.39. The highest BCUT2D eigenvalue weighted by Gasteiger charge is 2.40. The number of para-hydroxylation sites is 1. The van der Waals surface area contributed by atoms with Crippen molar-refractivity contribution < 1.29 is 27.5 Å². The average molecular weight is 413 g/mol. The number of hydrogen-bond acceptors (Lipinski definition) is 6. The van der Waals surface area contributed by atoms with Gasteiger partial charge in [-0.3, -0.25) is 9.10 Å². The molecule has 0 fully saturated rings. The zero-order chi connectivity index (χ0) is 21.2. The Morgan fingerprint density at radius 1 is 1.10 bits per heavy atom. The lowest BCUT2D eigenvalue weighted by atomic mass is 10.1. The second kappa shape index (κ2) is 7.92. The molecule has 1 heterocycles. The first-order valence-corrected chi connectivity index (χ1v) is 10.1. The van der Waals surface area contributed by atoms with Crippen LogP contribution in [0.5, 0.6) is 5.75 Å². The van der Waals surface area contributed by atoms with E-state index >= 15 is 0 Å². The van der Waals surface area contributed by atoms with Crippen LogP contribution in [0.2, 0.25) is 0 Å². The molecule has 0 aliphatic carbocycles. The average Bonchev–Trinajstić information content (AvgIpc) is 2.71. The first-order valence-electron chi connectivity index (χ1n) is 8.66. The fourth-order valence-corrected chi connectivity index (χ4v) is 4.75. The quantitative estimate of drug-likeness (QED) is 0.534. The number of ketones is 1. The van der Waals surface area contributed by atoms with Crippen LogP contribution < -0.4 is 4.74 Å². The Bertz CT molecular complexity index is 1130. The van der Waals surface area contributed by atoms with E-state index in [0.29, 0.717) is 5.75 Å². The number of benzene rings is 2. The van der Waals surface area contributed by atoms with Crippen LogP contribution in [0.25, 0.3) is 5.76 Å². The summed E-state index contributed by atoms with van der Waals surface area (Å²) >= 11 is 0. The van der Waals surface area contributed by atoms with Gasteiger partial charge in [-0.2, -0.15) is 0 Å². The maximum absolute atomic E-state index is 13.0. The lowest BCUT2D eigenvalue weighted by molar-refractivity contribution is -0.114. The van der Waals surface area contributed by atoms with Crippen molar-refractivity contribution in [2.45, 2.75) is 11.8 Å². The number of rotatable bonds is 6. The van der Waals surface area contributed by atoms with Gasteiger partial charge in [0, 0.05) is 12.5 Å². The minimum atomic E-state index is -4.02. The van der Waals surface area contributed by atoms with Gasteiger partial charge in [0.25, 0.3) is 10.0 Å². The Morgan fingerprint density at radius 3 is 2.41 bits per heavy atom. The highest BCUT2D eigenvalue weighted by Crippen LogP contribution is 2.38. The molecule has 8 heteroatoms. The molecule has 1 aliphatic rings. The van der Waals surface area contributed by atoms with Gasteiger partial charge in [-0.05, 0) is 24.3 Å². The molecule has 0 amide bonds. The summed E-state index contributed by atoms with van der Waals surface area (Å²) in [5.41, 5.74) is 0.0553. The smallest absolute Gasteiger partial charge is 0.347 e. The molecule has 0 bridgehead atoms. The van der Waals surface area contributed by atoms with Crippen molar-refractivity contribution in [1.29, 1.82) is 0 Å². The highest BCUT2D eigenvalue weighted by molar-refractivity contribution is 7.89.